The van der Waals surface area contributed by atoms with Crippen molar-refractivity contribution < 1.29 is 5.11 Å². The summed E-state index contributed by atoms with van der Waals surface area (Å²) < 4.78 is 2.20. The maximum atomic E-state index is 10.4. The van der Waals surface area contributed by atoms with Crippen LogP contribution in [0.4, 0.5) is 5.13 Å². The van der Waals surface area contributed by atoms with Gasteiger partial charge in [0.15, 0.2) is 5.13 Å². The molecule has 0 radical (unpaired) electrons. The van der Waals surface area contributed by atoms with Crippen LogP contribution in [0, 0.1) is 5.41 Å². The molecule has 1 atom stereocenters. The van der Waals surface area contributed by atoms with Crippen molar-refractivity contribution >= 4 is 16.5 Å². The minimum Gasteiger partial charge on any atom is -0.387 e. The van der Waals surface area contributed by atoms with Crippen LogP contribution in [0.25, 0.3) is 0 Å². The molecule has 0 bridgehead atoms. The molecule has 4 rings (SSSR count). The van der Waals surface area contributed by atoms with Gasteiger partial charge in [0, 0.05) is 25.5 Å². The molecular weight excluding hydrogens is 284 g/mol. The van der Waals surface area contributed by atoms with Crippen LogP contribution in [-0.2, 0) is 19.5 Å². The highest BCUT2D eigenvalue weighted by molar-refractivity contribution is 7.15. The maximum Gasteiger partial charge on any atom is 0.186 e. The first kappa shape index (κ1) is 13.3. The van der Waals surface area contributed by atoms with Gasteiger partial charge < -0.3 is 14.6 Å². The number of imidazole rings is 1. The molecule has 0 fully saturated rings. The Kier molecular flexibility index (Phi) is 2.87. The van der Waals surface area contributed by atoms with Gasteiger partial charge in [0.2, 0.25) is 0 Å². The Bertz CT molecular complexity index is 675. The van der Waals surface area contributed by atoms with Crippen LogP contribution in [0.1, 0.15) is 42.8 Å². The van der Waals surface area contributed by atoms with Crippen molar-refractivity contribution in [1.29, 1.82) is 0 Å². The molecule has 5 nitrogen and oxygen atoms in total. The Hall–Kier alpha value is -1.40. The molecular formula is C15H20N4OS. The fourth-order valence-electron chi connectivity index (χ4n) is 3.35. The van der Waals surface area contributed by atoms with Crippen LogP contribution in [-0.4, -0.2) is 26.2 Å². The van der Waals surface area contributed by atoms with E-state index < -0.39 is 0 Å². The normalized spacial score (nSPS) is 23.8. The standard InChI is InChI=1S/C15H20N4OS/c1-15(2)7-10-13(11(20)8-15)21-14(17-10)19-6-5-18-4-3-16-12(18)9-19/h3-4,11,20H,5-9H2,1-2H3. The molecule has 2 aliphatic rings. The lowest BCUT2D eigenvalue weighted by atomic mass is 9.77. The molecule has 2 aromatic heterocycles. The van der Waals surface area contributed by atoms with Crippen molar-refractivity contribution in [1.82, 2.24) is 14.5 Å². The predicted octanol–water partition coefficient (Wildman–Crippen LogP) is 2.37. The smallest absolute Gasteiger partial charge is 0.186 e. The average Bonchev–Trinajstić information content (AvgIpc) is 3.01. The number of fused-ring (bicyclic) bond motifs is 2. The second kappa shape index (κ2) is 4.55. The van der Waals surface area contributed by atoms with Gasteiger partial charge in [-0.2, -0.15) is 0 Å². The third-order valence-electron chi connectivity index (χ3n) is 4.43. The quantitative estimate of drug-likeness (QED) is 0.879. The maximum absolute atomic E-state index is 10.4. The number of nitrogens with zero attached hydrogens (tertiary/aromatic N) is 4. The second-order valence-corrected chi connectivity index (χ2v) is 7.84. The number of rotatable bonds is 1. The highest BCUT2D eigenvalue weighted by Crippen LogP contribution is 2.44. The Morgan fingerprint density at radius 1 is 1.38 bits per heavy atom. The van der Waals surface area contributed by atoms with Crippen LogP contribution in [0.2, 0.25) is 0 Å². The summed E-state index contributed by atoms with van der Waals surface area (Å²) in [5.41, 5.74) is 1.23. The lowest BCUT2D eigenvalue weighted by molar-refractivity contribution is 0.102. The first-order valence-corrected chi connectivity index (χ1v) is 8.26. The second-order valence-electron chi connectivity index (χ2n) is 6.83. The lowest BCUT2D eigenvalue weighted by Gasteiger charge is -2.31. The number of hydrogen-bond donors (Lipinski definition) is 1. The van der Waals surface area contributed by atoms with E-state index in [1.807, 2.05) is 12.4 Å². The Morgan fingerprint density at radius 3 is 3.10 bits per heavy atom. The van der Waals surface area contributed by atoms with Crippen LogP contribution in [0.3, 0.4) is 0 Å². The molecule has 1 aliphatic heterocycles. The van der Waals surface area contributed by atoms with Crippen molar-refractivity contribution in [2.24, 2.45) is 5.41 Å². The third-order valence-corrected chi connectivity index (χ3v) is 5.69. The number of aliphatic hydroxyl groups is 1. The summed E-state index contributed by atoms with van der Waals surface area (Å²) >= 11 is 1.66. The van der Waals surface area contributed by atoms with Gasteiger partial charge in [0.25, 0.3) is 0 Å². The number of anilines is 1. The number of thiazole rings is 1. The lowest BCUT2D eigenvalue weighted by Crippen LogP contribution is -2.33. The van der Waals surface area contributed by atoms with Gasteiger partial charge in [0.1, 0.15) is 5.82 Å². The average molecular weight is 304 g/mol. The zero-order valence-electron chi connectivity index (χ0n) is 12.4. The van der Waals surface area contributed by atoms with E-state index in [2.05, 4.69) is 28.3 Å². The minimum atomic E-state index is -0.359. The number of aromatic nitrogens is 3. The third kappa shape index (κ3) is 2.26. The molecule has 1 aliphatic carbocycles. The van der Waals surface area contributed by atoms with E-state index in [-0.39, 0.29) is 11.5 Å². The van der Waals surface area contributed by atoms with Gasteiger partial charge in [-0.25, -0.2) is 9.97 Å². The Balaban J connectivity index is 1.63. The Labute approximate surface area is 128 Å². The molecule has 3 heterocycles. The van der Waals surface area contributed by atoms with E-state index in [1.165, 1.54) is 0 Å². The molecule has 2 aromatic rings. The van der Waals surface area contributed by atoms with Crippen LogP contribution in [0.5, 0.6) is 0 Å². The van der Waals surface area contributed by atoms with Gasteiger partial charge in [-0.3, -0.25) is 0 Å². The summed E-state index contributed by atoms with van der Waals surface area (Å²) in [5.74, 6) is 1.09. The minimum absolute atomic E-state index is 0.135. The molecule has 0 amide bonds. The molecule has 1 N–H and O–H groups in total. The van der Waals surface area contributed by atoms with Gasteiger partial charge in [-0.05, 0) is 18.3 Å². The first-order valence-electron chi connectivity index (χ1n) is 7.44. The van der Waals surface area contributed by atoms with E-state index in [0.29, 0.717) is 0 Å². The predicted molar refractivity (Wildman–Crippen MR) is 82.5 cm³/mol. The molecule has 112 valence electrons. The molecule has 0 saturated carbocycles. The van der Waals surface area contributed by atoms with Crippen molar-refractivity contribution in [3.63, 3.8) is 0 Å². The summed E-state index contributed by atoms with van der Waals surface area (Å²) in [6, 6.07) is 0. The summed E-state index contributed by atoms with van der Waals surface area (Å²) in [7, 11) is 0. The van der Waals surface area contributed by atoms with E-state index in [4.69, 9.17) is 4.98 Å². The SMILES string of the molecule is CC1(C)Cc2nc(N3CCn4ccnc4C3)sc2C(O)C1. The zero-order chi connectivity index (χ0) is 14.6. The molecule has 1 unspecified atom stereocenters. The number of hydrogen-bond acceptors (Lipinski definition) is 5. The fraction of sp³-hybridized carbons (Fsp3) is 0.600. The largest absolute Gasteiger partial charge is 0.387 e. The van der Waals surface area contributed by atoms with Crippen molar-refractivity contribution in [2.75, 3.05) is 11.4 Å². The summed E-state index contributed by atoms with van der Waals surface area (Å²) in [5, 5.41) is 11.4. The molecule has 0 aromatic carbocycles. The first-order chi connectivity index (χ1) is 10.0. The van der Waals surface area contributed by atoms with Crippen LogP contribution < -0.4 is 4.90 Å². The van der Waals surface area contributed by atoms with Gasteiger partial charge in [-0.1, -0.05) is 25.2 Å². The topological polar surface area (TPSA) is 54.2 Å². The van der Waals surface area contributed by atoms with E-state index >= 15 is 0 Å². The van der Waals surface area contributed by atoms with E-state index in [0.717, 1.165) is 54.0 Å². The summed E-state index contributed by atoms with van der Waals surface area (Å²) in [6.45, 7) is 7.12. The summed E-state index contributed by atoms with van der Waals surface area (Å²) in [4.78, 5) is 12.6. The van der Waals surface area contributed by atoms with E-state index in [9.17, 15) is 5.11 Å². The van der Waals surface area contributed by atoms with Crippen LogP contribution in [0.15, 0.2) is 12.4 Å². The summed E-state index contributed by atoms with van der Waals surface area (Å²) in [6.07, 6.45) is 5.32. The highest BCUT2D eigenvalue weighted by atomic mass is 32.1. The fourth-order valence-corrected chi connectivity index (χ4v) is 4.44. The molecule has 6 heteroatoms. The van der Waals surface area contributed by atoms with Crippen LogP contribution >= 0.6 is 11.3 Å². The molecule has 0 spiro atoms. The molecule has 21 heavy (non-hydrogen) atoms. The van der Waals surface area contributed by atoms with Crippen molar-refractivity contribution in [3.05, 3.63) is 28.8 Å². The highest BCUT2D eigenvalue weighted by Gasteiger charge is 2.35. The zero-order valence-corrected chi connectivity index (χ0v) is 13.2. The van der Waals surface area contributed by atoms with Gasteiger partial charge in [0.05, 0.1) is 23.2 Å². The van der Waals surface area contributed by atoms with Crippen molar-refractivity contribution in [3.8, 4) is 0 Å². The molecule has 0 saturated heterocycles. The van der Waals surface area contributed by atoms with Gasteiger partial charge >= 0.3 is 0 Å². The van der Waals surface area contributed by atoms with Crippen molar-refractivity contribution in [2.45, 2.75) is 45.9 Å². The Morgan fingerprint density at radius 2 is 2.24 bits per heavy atom. The van der Waals surface area contributed by atoms with E-state index in [1.54, 1.807) is 11.3 Å². The number of aliphatic hydroxyl groups excluding tert-OH is 1. The monoisotopic (exact) mass is 304 g/mol. The van der Waals surface area contributed by atoms with Gasteiger partial charge in [-0.15, -0.1) is 0 Å².